The van der Waals surface area contributed by atoms with E-state index < -0.39 is 0 Å². The third-order valence-corrected chi connectivity index (χ3v) is 0.673. The average molecular weight is 199 g/mol. The molecule has 0 aliphatic heterocycles. The standard InChI is InChI=1S/C6H12O4.V/c1-6(7)3-9-5-10-4-8-2;/h3-5H2,1-2H3;. The van der Waals surface area contributed by atoms with Crippen LogP contribution in [-0.4, -0.2) is 33.1 Å². The van der Waals surface area contributed by atoms with E-state index >= 15 is 0 Å². The summed E-state index contributed by atoms with van der Waals surface area (Å²) in [5, 5.41) is 0. The van der Waals surface area contributed by atoms with Crippen LogP contribution in [0.1, 0.15) is 6.92 Å². The summed E-state index contributed by atoms with van der Waals surface area (Å²) in [6.07, 6.45) is 0. The van der Waals surface area contributed by atoms with Gasteiger partial charge in [0.25, 0.3) is 0 Å². The topological polar surface area (TPSA) is 44.8 Å². The molecule has 5 heteroatoms. The number of hydrogen-bond donors (Lipinski definition) is 0. The van der Waals surface area contributed by atoms with Crippen molar-refractivity contribution in [3.63, 3.8) is 0 Å². The quantitative estimate of drug-likeness (QED) is 0.451. The van der Waals surface area contributed by atoms with Crippen molar-refractivity contribution in [3.05, 3.63) is 0 Å². The Hall–Kier alpha value is 0.134. The van der Waals surface area contributed by atoms with Gasteiger partial charge in [-0.15, -0.1) is 0 Å². The molecule has 0 aromatic heterocycles. The Labute approximate surface area is 78.1 Å². The van der Waals surface area contributed by atoms with Crippen LogP contribution in [0.5, 0.6) is 0 Å². The maximum absolute atomic E-state index is 10.3. The second-order valence-electron chi connectivity index (χ2n) is 1.78. The molecule has 0 N–H and O–H groups in total. The summed E-state index contributed by atoms with van der Waals surface area (Å²) in [4.78, 5) is 10.3. The van der Waals surface area contributed by atoms with Crippen molar-refractivity contribution < 1.29 is 37.6 Å². The zero-order valence-electron chi connectivity index (χ0n) is 6.70. The molecule has 0 atom stereocenters. The summed E-state index contributed by atoms with van der Waals surface area (Å²) in [5.41, 5.74) is 0. The monoisotopic (exact) mass is 199 g/mol. The number of ether oxygens (including phenoxy) is 3. The fourth-order valence-electron chi connectivity index (χ4n) is 0.362. The summed E-state index contributed by atoms with van der Waals surface area (Å²) in [7, 11) is 1.52. The second-order valence-corrected chi connectivity index (χ2v) is 1.78. The number of hydrogen-bond acceptors (Lipinski definition) is 4. The molecule has 0 heterocycles. The number of methoxy groups -OCH3 is 1. The van der Waals surface area contributed by atoms with E-state index in [4.69, 9.17) is 9.47 Å². The van der Waals surface area contributed by atoms with Gasteiger partial charge < -0.3 is 14.2 Å². The largest absolute Gasteiger partial charge is 0.359 e. The van der Waals surface area contributed by atoms with Gasteiger partial charge in [0.05, 0.1) is 0 Å². The molecule has 0 fully saturated rings. The van der Waals surface area contributed by atoms with Crippen molar-refractivity contribution in [3.8, 4) is 0 Å². The predicted molar refractivity (Wildman–Crippen MR) is 34.5 cm³/mol. The van der Waals surface area contributed by atoms with E-state index in [-0.39, 0.29) is 44.5 Å². The number of carbonyl (C=O) groups is 1. The first kappa shape index (κ1) is 13.7. The average Bonchev–Trinajstić information content (AvgIpc) is 1.87. The Bertz CT molecular complexity index is 96.6. The molecule has 65 valence electrons. The molecule has 0 aromatic carbocycles. The van der Waals surface area contributed by atoms with Crippen LogP contribution in [-0.2, 0) is 37.6 Å². The Kier molecular flexibility index (Phi) is 12.6. The van der Waals surface area contributed by atoms with Gasteiger partial charge in [-0.2, -0.15) is 0 Å². The van der Waals surface area contributed by atoms with Crippen LogP contribution in [0.4, 0.5) is 0 Å². The number of Topliss-reactive ketones (excluding diaryl/α,β-unsaturated/α-hetero) is 1. The van der Waals surface area contributed by atoms with E-state index in [1.807, 2.05) is 0 Å². The first-order valence-corrected chi connectivity index (χ1v) is 2.91. The van der Waals surface area contributed by atoms with Crippen molar-refractivity contribution in [2.24, 2.45) is 0 Å². The van der Waals surface area contributed by atoms with Crippen LogP contribution in [0.15, 0.2) is 0 Å². The smallest absolute Gasteiger partial charge is 0.155 e. The Balaban J connectivity index is 0. The number of rotatable bonds is 6. The third-order valence-electron chi connectivity index (χ3n) is 0.673. The molecular formula is C6H12O4V. The van der Waals surface area contributed by atoms with Gasteiger partial charge in [-0.05, 0) is 6.92 Å². The molecule has 0 aliphatic carbocycles. The number of carbonyl (C=O) groups excluding carboxylic acids is 1. The molecule has 4 nitrogen and oxygen atoms in total. The molecule has 0 saturated heterocycles. The van der Waals surface area contributed by atoms with Crippen molar-refractivity contribution >= 4 is 5.78 Å². The summed E-state index contributed by atoms with van der Waals surface area (Å²) in [6.45, 7) is 1.85. The Morgan fingerprint density at radius 1 is 1.27 bits per heavy atom. The van der Waals surface area contributed by atoms with Crippen molar-refractivity contribution in [2.75, 3.05) is 27.3 Å². The maximum Gasteiger partial charge on any atom is 0.155 e. The Morgan fingerprint density at radius 3 is 2.36 bits per heavy atom. The molecule has 0 bridgehead atoms. The maximum atomic E-state index is 10.3. The molecule has 0 spiro atoms. The molecule has 0 amide bonds. The zero-order valence-corrected chi connectivity index (χ0v) is 8.10. The van der Waals surface area contributed by atoms with Gasteiger partial charge >= 0.3 is 0 Å². The van der Waals surface area contributed by atoms with Gasteiger partial charge in [-0.25, -0.2) is 0 Å². The van der Waals surface area contributed by atoms with Crippen LogP contribution in [0.2, 0.25) is 0 Å². The van der Waals surface area contributed by atoms with Crippen LogP contribution in [0.25, 0.3) is 0 Å². The second kappa shape index (κ2) is 10.1. The first-order valence-electron chi connectivity index (χ1n) is 2.91. The molecule has 0 saturated carbocycles. The van der Waals surface area contributed by atoms with Gasteiger partial charge in [0.1, 0.15) is 20.2 Å². The summed E-state index contributed by atoms with van der Waals surface area (Å²) < 4.78 is 14.0. The normalized spacial score (nSPS) is 8.91. The van der Waals surface area contributed by atoms with Crippen molar-refractivity contribution in [2.45, 2.75) is 6.92 Å². The van der Waals surface area contributed by atoms with E-state index in [0.717, 1.165) is 0 Å². The summed E-state index contributed by atoms with van der Waals surface area (Å²) >= 11 is 0. The van der Waals surface area contributed by atoms with Gasteiger partial charge in [-0.1, -0.05) is 0 Å². The first-order chi connectivity index (χ1) is 4.77. The predicted octanol–water partition coefficient (Wildman–Crippen LogP) is 0.167. The van der Waals surface area contributed by atoms with E-state index in [2.05, 4.69) is 4.74 Å². The van der Waals surface area contributed by atoms with E-state index in [9.17, 15) is 4.79 Å². The molecule has 11 heavy (non-hydrogen) atoms. The molecular weight excluding hydrogens is 187 g/mol. The summed E-state index contributed by atoms with van der Waals surface area (Å²) in [5.74, 6) is -0.0129. The van der Waals surface area contributed by atoms with Crippen LogP contribution < -0.4 is 0 Å². The molecule has 0 aliphatic rings. The van der Waals surface area contributed by atoms with E-state index in [1.165, 1.54) is 14.0 Å². The minimum atomic E-state index is -0.0129. The summed E-state index contributed by atoms with van der Waals surface area (Å²) in [6, 6.07) is 0. The number of ketones is 1. The van der Waals surface area contributed by atoms with Crippen molar-refractivity contribution in [1.82, 2.24) is 0 Å². The van der Waals surface area contributed by atoms with E-state index in [0.29, 0.717) is 0 Å². The van der Waals surface area contributed by atoms with Crippen molar-refractivity contribution in [1.29, 1.82) is 0 Å². The third kappa shape index (κ3) is 13.2. The van der Waals surface area contributed by atoms with Gasteiger partial charge in [-0.3, -0.25) is 4.79 Å². The molecule has 0 rings (SSSR count). The van der Waals surface area contributed by atoms with Crippen LogP contribution >= 0.6 is 0 Å². The Morgan fingerprint density at radius 2 is 1.91 bits per heavy atom. The molecule has 0 unspecified atom stereocenters. The molecule has 0 aromatic rings. The molecule has 1 radical (unpaired) electrons. The van der Waals surface area contributed by atoms with Crippen LogP contribution in [0, 0.1) is 0 Å². The van der Waals surface area contributed by atoms with Gasteiger partial charge in [0.2, 0.25) is 0 Å². The minimum Gasteiger partial charge on any atom is -0.359 e. The van der Waals surface area contributed by atoms with Gasteiger partial charge in [0, 0.05) is 25.7 Å². The fourth-order valence-corrected chi connectivity index (χ4v) is 0.362. The van der Waals surface area contributed by atoms with E-state index in [1.54, 1.807) is 0 Å². The van der Waals surface area contributed by atoms with Gasteiger partial charge in [0.15, 0.2) is 5.78 Å². The van der Waals surface area contributed by atoms with Crippen LogP contribution in [0.3, 0.4) is 0 Å². The zero-order chi connectivity index (χ0) is 7.82. The minimum absolute atomic E-state index is 0. The SMILES string of the molecule is COCOCOCC(C)=O.[V]. The fraction of sp³-hybridized carbons (Fsp3) is 0.833.